The van der Waals surface area contributed by atoms with Gasteiger partial charge in [0.15, 0.2) is 0 Å². The SMILES string of the molecule is Cc1ccc(C)c(Cl)c1.Cl.O=S(=O)=C(C1CCCNC1)N1CCc2ccccc2C1. The van der Waals surface area contributed by atoms with Gasteiger partial charge in [-0.05, 0) is 68.0 Å². The highest BCUT2D eigenvalue weighted by molar-refractivity contribution is 7.72. The van der Waals surface area contributed by atoms with Crippen molar-refractivity contribution >= 4 is 39.3 Å². The number of nitrogens with one attached hydrogen (secondary N) is 1. The Morgan fingerprint density at radius 3 is 2.47 bits per heavy atom. The van der Waals surface area contributed by atoms with E-state index in [-0.39, 0.29) is 18.3 Å². The Kier molecular flexibility index (Phi) is 9.85. The number of hydrogen-bond acceptors (Lipinski definition) is 3. The molecule has 1 unspecified atom stereocenters. The summed E-state index contributed by atoms with van der Waals surface area (Å²) in [6.45, 7) is 7.33. The molecule has 7 heteroatoms. The van der Waals surface area contributed by atoms with E-state index < -0.39 is 10.3 Å². The van der Waals surface area contributed by atoms with Gasteiger partial charge in [-0.3, -0.25) is 4.90 Å². The zero-order valence-electron chi connectivity index (χ0n) is 17.5. The van der Waals surface area contributed by atoms with Gasteiger partial charge in [-0.25, -0.2) is 0 Å². The number of piperidine rings is 1. The molecule has 4 rings (SSSR count). The molecule has 0 radical (unpaired) electrons. The summed E-state index contributed by atoms with van der Waals surface area (Å²) in [7, 11) is -2.12. The summed E-state index contributed by atoms with van der Waals surface area (Å²) in [6, 6.07) is 14.4. The van der Waals surface area contributed by atoms with Gasteiger partial charge < -0.3 is 5.32 Å². The van der Waals surface area contributed by atoms with Gasteiger partial charge in [0.05, 0.1) is 0 Å². The molecule has 2 aliphatic heterocycles. The first kappa shape index (κ1) is 24.9. The van der Waals surface area contributed by atoms with Crippen LogP contribution in [-0.4, -0.2) is 37.9 Å². The van der Waals surface area contributed by atoms with Gasteiger partial charge in [0, 0.05) is 30.6 Å². The number of hydrogen-bond donors (Lipinski definition) is 1. The van der Waals surface area contributed by atoms with E-state index in [4.69, 9.17) is 11.6 Å². The first-order chi connectivity index (χ1) is 14.0. The molecule has 1 fully saturated rings. The van der Waals surface area contributed by atoms with E-state index in [9.17, 15) is 8.42 Å². The van der Waals surface area contributed by atoms with Crippen LogP contribution in [0.1, 0.15) is 35.1 Å². The summed E-state index contributed by atoms with van der Waals surface area (Å²) < 4.78 is 23.4. The number of rotatable bonds is 1. The fraction of sp³-hybridized carbons (Fsp3) is 0.435. The highest BCUT2D eigenvalue weighted by Gasteiger charge is 2.28. The second-order valence-electron chi connectivity index (χ2n) is 7.81. The van der Waals surface area contributed by atoms with Crippen molar-refractivity contribution in [3.05, 3.63) is 69.7 Å². The van der Waals surface area contributed by atoms with Gasteiger partial charge in [0.2, 0.25) is 10.3 Å². The van der Waals surface area contributed by atoms with Crippen LogP contribution >= 0.6 is 24.0 Å². The average Bonchev–Trinajstić information content (AvgIpc) is 2.72. The van der Waals surface area contributed by atoms with Crippen LogP contribution in [0.3, 0.4) is 0 Å². The Balaban J connectivity index is 0.000000272. The molecule has 2 aromatic rings. The molecule has 4 nitrogen and oxygen atoms in total. The monoisotopic (exact) mass is 468 g/mol. The molecule has 0 saturated carbocycles. The fourth-order valence-electron chi connectivity index (χ4n) is 3.94. The molecule has 164 valence electrons. The smallest absolute Gasteiger partial charge is 0.228 e. The normalized spacial score (nSPS) is 18.3. The summed E-state index contributed by atoms with van der Waals surface area (Å²) in [5.74, 6) is 0.132. The topological polar surface area (TPSA) is 49.4 Å². The average molecular weight is 469 g/mol. The lowest BCUT2D eigenvalue weighted by Crippen LogP contribution is -2.45. The quantitative estimate of drug-likeness (QED) is 0.628. The van der Waals surface area contributed by atoms with Crippen LogP contribution in [0, 0.1) is 19.8 Å². The van der Waals surface area contributed by atoms with Crippen LogP contribution in [0.4, 0.5) is 0 Å². The molecule has 0 spiro atoms. The minimum atomic E-state index is -2.12. The molecule has 0 aromatic heterocycles. The van der Waals surface area contributed by atoms with Crippen molar-refractivity contribution in [2.75, 3.05) is 19.6 Å². The van der Waals surface area contributed by atoms with E-state index in [2.05, 4.69) is 34.5 Å². The maximum Gasteiger partial charge on any atom is 0.228 e. The van der Waals surface area contributed by atoms with Gasteiger partial charge >= 0.3 is 0 Å². The number of benzene rings is 2. The molecule has 30 heavy (non-hydrogen) atoms. The molecule has 2 heterocycles. The maximum atomic E-state index is 11.7. The van der Waals surface area contributed by atoms with E-state index in [1.54, 1.807) is 0 Å². The first-order valence-corrected chi connectivity index (χ1v) is 11.6. The Bertz CT molecular complexity index is 978. The lowest BCUT2D eigenvalue weighted by Gasteiger charge is -2.33. The lowest BCUT2D eigenvalue weighted by molar-refractivity contribution is 0.354. The standard InChI is InChI=1S/C15H20N2O2S.C8H9Cl.ClH/c18-20(19)15(13-6-3-8-16-10-13)17-9-7-12-4-1-2-5-14(12)11-17;1-6-3-4-7(2)8(9)5-6;/h1-2,4-5,13,16H,3,6-11H2;3-5H,1-2H3;1H. The highest BCUT2D eigenvalue weighted by Crippen LogP contribution is 2.22. The molecule has 2 aromatic carbocycles. The maximum absolute atomic E-state index is 11.7. The summed E-state index contributed by atoms with van der Waals surface area (Å²) in [4.78, 5) is 2.66. The van der Waals surface area contributed by atoms with E-state index in [1.807, 2.05) is 32.0 Å². The molecule has 0 amide bonds. The van der Waals surface area contributed by atoms with Crippen molar-refractivity contribution in [1.29, 1.82) is 0 Å². The molecule has 2 aliphatic rings. The minimum Gasteiger partial charge on any atom is -0.316 e. The highest BCUT2D eigenvalue weighted by atomic mass is 35.5. The molecule has 0 bridgehead atoms. The fourth-order valence-corrected chi connectivity index (χ4v) is 5.02. The van der Waals surface area contributed by atoms with Crippen LogP contribution in [0.15, 0.2) is 42.5 Å². The zero-order valence-corrected chi connectivity index (χ0v) is 19.9. The van der Waals surface area contributed by atoms with Crippen molar-refractivity contribution in [3.8, 4) is 0 Å². The van der Waals surface area contributed by atoms with Crippen LogP contribution in [0.5, 0.6) is 0 Å². The van der Waals surface area contributed by atoms with Crippen molar-refractivity contribution in [3.63, 3.8) is 0 Å². The number of fused-ring (bicyclic) bond motifs is 1. The predicted octanol–water partition coefficient (Wildman–Crippen LogP) is 4.43. The van der Waals surface area contributed by atoms with Gasteiger partial charge in [0.1, 0.15) is 4.99 Å². The molecule has 1 atom stereocenters. The van der Waals surface area contributed by atoms with Crippen LogP contribution in [-0.2, 0) is 23.3 Å². The Hall–Kier alpha value is -1.37. The van der Waals surface area contributed by atoms with Crippen molar-refractivity contribution in [2.24, 2.45) is 5.92 Å². The van der Waals surface area contributed by atoms with Crippen LogP contribution in [0.25, 0.3) is 0 Å². The number of halogens is 2. The Labute approximate surface area is 192 Å². The Morgan fingerprint density at radius 1 is 1.13 bits per heavy atom. The minimum absolute atomic E-state index is 0. The first-order valence-electron chi connectivity index (χ1n) is 10.2. The van der Waals surface area contributed by atoms with E-state index >= 15 is 0 Å². The molecule has 0 aliphatic carbocycles. The van der Waals surface area contributed by atoms with Crippen molar-refractivity contribution in [2.45, 2.75) is 39.7 Å². The zero-order chi connectivity index (χ0) is 20.8. The largest absolute Gasteiger partial charge is 0.316 e. The Morgan fingerprint density at radius 2 is 1.87 bits per heavy atom. The summed E-state index contributed by atoms with van der Waals surface area (Å²) in [6.07, 6.45) is 2.95. The molecular weight excluding hydrogens is 439 g/mol. The predicted molar refractivity (Wildman–Crippen MR) is 128 cm³/mol. The lowest BCUT2D eigenvalue weighted by atomic mass is 9.95. The van der Waals surface area contributed by atoms with E-state index in [0.29, 0.717) is 4.99 Å². The van der Waals surface area contributed by atoms with Gasteiger partial charge in [0.25, 0.3) is 0 Å². The van der Waals surface area contributed by atoms with E-state index in [1.165, 1.54) is 16.7 Å². The third-order valence-electron chi connectivity index (χ3n) is 5.59. The van der Waals surface area contributed by atoms with Crippen LogP contribution < -0.4 is 5.32 Å². The molecule has 1 N–H and O–H groups in total. The van der Waals surface area contributed by atoms with E-state index in [0.717, 1.165) is 56.0 Å². The van der Waals surface area contributed by atoms with Gasteiger partial charge in [-0.15, -0.1) is 12.4 Å². The summed E-state index contributed by atoms with van der Waals surface area (Å²) >= 11 is 5.81. The number of nitrogens with zero attached hydrogens (tertiary/aromatic N) is 1. The third kappa shape index (κ3) is 6.56. The summed E-state index contributed by atoms with van der Waals surface area (Å²) in [5, 5.41) is 4.16. The van der Waals surface area contributed by atoms with Gasteiger partial charge in [-0.1, -0.05) is 48.0 Å². The molecule has 1 saturated heterocycles. The molecular formula is C23H30Cl2N2O2S. The second kappa shape index (κ2) is 11.9. The van der Waals surface area contributed by atoms with Gasteiger partial charge in [-0.2, -0.15) is 8.42 Å². The van der Waals surface area contributed by atoms with Crippen molar-refractivity contribution < 1.29 is 8.42 Å². The summed E-state index contributed by atoms with van der Waals surface area (Å²) in [5.41, 5.74) is 4.96. The van der Waals surface area contributed by atoms with Crippen molar-refractivity contribution in [1.82, 2.24) is 10.2 Å². The second-order valence-corrected chi connectivity index (χ2v) is 9.10. The number of aryl methyl sites for hydroxylation is 2. The third-order valence-corrected chi connectivity index (χ3v) is 6.93. The van der Waals surface area contributed by atoms with Crippen LogP contribution in [0.2, 0.25) is 5.02 Å².